The van der Waals surface area contributed by atoms with E-state index in [1.165, 1.54) is 4.57 Å². The number of carbonyl (C=O) groups excluding carboxylic acids is 1. The van der Waals surface area contributed by atoms with Gasteiger partial charge in [-0.25, -0.2) is 0 Å². The number of hydrogen-bond donors (Lipinski definition) is 1. The zero-order valence-electron chi connectivity index (χ0n) is 19.3. The molecule has 0 aliphatic carbocycles. The van der Waals surface area contributed by atoms with Gasteiger partial charge in [-0.2, -0.15) is 4.98 Å². The standard InChI is InChI=1S/C26H25ClN4O3/c1-16-4-8-20(9-5-16)24-29-25(34-30-24)23-17(2)14-18(3)31(26(23)33)15-22(32)28-13-12-19-6-10-21(27)11-7-19/h4-11,14H,12-13,15H2,1-3H3,(H,28,32). The molecule has 0 spiro atoms. The highest BCUT2D eigenvalue weighted by Gasteiger charge is 2.20. The number of hydrogen-bond acceptors (Lipinski definition) is 5. The van der Waals surface area contributed by atoms with E-state index in [0.29, 0.717) is 40.6 Å². The van der Waals surface area contributed by atoms with E-state index in [2.05, 4.69) is 15.5 Å². The first-order valence-corrected chi connectivity index (χ1v) is 11.3. The van der Waals surface area contributed by atoms with Gasteiger partial charge in [0.25, 0.3) is 11.4 Å². The number of pyridine rings is 1. The van der Waals surface area contributed by atoms with Gasteiger partial charge in [-0.15, -0.1) is 0 Å². The number of amides is 1. The molecule has 0 saturated heterocycles. The van der Waals surface area contributed by atoms with Crippen LogP contribution in [0.5, 0.6) is 0 Å². The number of benzene rings is 2. The largest absolute Gasteiger partial charge is 0.354 e. The van der Waals surface area contributed by atoms with Crippen molar-refractivity contribution in [3.05, 3.63) is 92.4 Å². The number of halogens is 1. The predicted molar refractivity (Wildman–Crippen MR) is 132 cm³/mol. The summed E-state index contributed by atoms with van der Waals surface area (Å²) in [6, 6.07) is 17.0. The van der Waals surface area contributed by atoms with Gasteiger partial charge in [0.1, 0.15) is 12.1 Å². The maximum Gasteiger partial charge on any atom is 0.264 e. The third-order valence-corrected chi connectivity index (χ3v) is 5.86. The topological polar surface area (TPSA) is 90.0 Å². The van der Waals surface area contributed by atoms with Crippen LogP contribution in [0.15, 0.2) is 63.9 Å². The minimum Gasteiger partial charge on any atom is -0.354 e. The fraction of sp³-hybridized carbons (Fsp3) is 0.231. The lowest BCUT2D eigenvalue weighted by Crippen LogP contribution is -2.35. The van der Waals surface area contributed by atoms with Gasteiger partial charge in [-0.1, -0.05) is 58.7 Å². The molecule has 0 radical (unpaired) electrons. The first-order valence-electron chi connectivity index (χ1n) is 10.9. The van der Waals surface area contributed by atoms with Gasteiger partial charge in [0, 0.05) is 22.8 Å². The third kappa shape index (κ3) is 5.26. The molecule has 34 heavy (non-hydrogen) atoms. The molecule has 2 aromatic carbocycles. The summed E-state index contributed by atoms with van der Waals surface area (Å²) >= 11 is 5.91. The summed E-state index contributed by atoms with van der Waals surface area (Å²) in [5.74, 6) is 0.288. The molecule has 0 unspecified atom stereocenters. The van der Waals surface area contributed by atoms with Crippen LogP contribution < -0.4 is 10.9 Å². The lowest BCUT2D eigenvalue weighted by Gasteiger charge is -2.13. The van der Waals surface area contributed by atoms with E-state index in [1.807, 2.05) is 68.4 Å². The lowest BCUT2D eigenvalue weighted by molar-refractivity contribution is -0.121. The first kappa shape index (κ1) is 23.4. The van der Waals surface area contributed by atoms with E-state index in [1.54, 1.807) is 6.92 Å². The van der Waals surface area contributed by atoms with Crippen molar-refractivity contribution in [3.63, 3.8) is 0 Å². The molecule has 1 N–H and O–H groups in total. The Morgan fingerprint density at radius 3 is 2.47 bits per heavy atom. The summed E-state index contributed by atoms with van der Waals surface area (Å²) in [4.78, 5) is 30.3. The Hall–Kier alpha value is -3.71. The first-order chi connectivity index (χ1) is 16.3. The molecular weight excluding hydrogens is 452 g/mol. The van der Waals surface area contributed by atoms with Crippen LogP contribution in [0.1, 0.15) is 22.4 Å². The number of aryl methyl sites for hydroxylation is 3. The highest BCUT2D eigenvalue weighted by atomic mass is 35.5. The Morgan fingerprint density at radius 1 is 1.06 bits per heavy atom. The summed E-state index contributed by atoms with van der Waals surface area (Å²) in [5.41, 5.74) is 4.33. The van der Waals surface area contributed by atoms with Crippen LogP contribution in [0, 0.1) is 20.8 Å². The molecule has 2 aromatic heterocycles. The Balaban J connectivity index is 1.51. The number of nitrogens with zero attached hydrogens (tertiary/aromatic N) is 3. The number of aromatic nitrogens is 3. The van der Waals surface area contributed by atoms with Gasteiger partial charge in [-0.05, 0) is 56.5 Å². The van der Waals surface area contributed by atoms with Crippen molar-refractivity contribution in [1.29, 1.82) is 0 Å². The van der Waals surface area contributed by atoms with Crippen molar-refractivity contribution in [2.24, 2.45) is 0 Å². The summed E-state index contributed by atoms with van der Waals surface area (Å²) < 4.78 is 6.86. The molecule has 0 saturated carbocycles. The number of carbonyl (C=O) groups is 1. The van der Waals surface area contributed by atoms with Crippen molar-refractivity contribution < 1.29 is 9.32 Å². The van der Waals surface area contributed by atoms with Crippen LogP contribution in [0.4, 0.5) is 0 Å². The van der Waals surface area contributed by atoms with E-state index < -0.39 is 0 Å². The molecule has 1 amide bonds. The average molecular weight is 477 g/mol. The van der Waals surface area contributed by atoms with Gasteiger partial charge < -0.3 is 14.4 Å². The van der Waals surface area contributed by atoms with Gasteiger partial charge in [0.05, 0.1) is 0 Å². The van der Waals surface area contributed by atoms with Crippen LogP contribution in [0.25, 0.3) is 22.8 Å². The van der Waals surface area contributed by atoms with Crippen LogP contribution in [-0.2, 0) is 17.8 Å². The SMILES string of the molecule is Cc1ccc(-c2noc(-c3c(C)cc(C)n(CC(=O)NCCc4ccc(Cl)cc4)c3=O)n2)cc1. The predicted octanol–water partition coefficient (Wildman–Crippen LogP) is 4.50. The highest BCUT2D eigenvalue weighted by Crippen LogP contribution is 2.23. The molecule has 0 atom stereocenters. The lowest BCUT2D eigenvalue weighted by atomic mass is 10.1. The van der Waals surface area contributed by atoms with Crippen LogP contribution in [0.3, 0.4) is 0 Å². The second-order valence-corrected chi connectivity index (χ2v) is 8.69. The maximum absolute atomic E-state index is 13.3. The van der Waals surface area contributed by atoms with Crippen LogP contribution >= 0.6 is 11.6 Å². The Kier molecular flexibility index (Phi) is 6.93. The monoisotopic (exact) mass is 476 g/mol. The smallest absolute Gasteiger partial charge is 0.264 e. The van der Waals surface area contributed by atoms with Crippen molar-refractivity contribution in [2.45, 2.75) is 33.7 Å². The molecule has 4 rings (SSSR count). The third-order valence-electron chi connectivity index (χ3n) is 5.60. The molecule has 0 aliphatic rings. The van der Waals surface area contributed by atoms with E-state index >= 15 is 0 Å². The van der Waals surface area contributed by atoms with Crippen molar-refractivity contribution in [2.75, 3.05) is 6.54 Å². The van der Waals surface area contributed by atoms with Crippen LogP contribution in [-0.4, -0.2) is 27.2 Å². The van der Waals surface area contributed by atoms with E-state index in [4.69, 9.17) is 16.1 Å². The summed E-state index contributed by atoms with van der Waals surface area (Å²) in [6.07, 6.45) is 0.666. The van der Waals surface area contributed by atoms with E-state index in [0.717, 1.165) is 16.7 Å². The van der Waals surface area contributed by atoms with Crippen molar-refractivity contribution in [1.82, 2.24) is 20.0 Å². The van der Waals surface area contributed by atoms with Crippen molar-refractivity contribution in [3.8, 4) is 22.8 Å². The second kappa shape index (κ2) is 10.1. The molecule has 174 valence electrons. The Bertz CT molecular complexity index is 1370. The van der Waals surface area contributed by atoms with E-state index in [-0.39, 0.29) is 23.9 Å². The summed E-state index contributed by atoms with van der Waals surface area (Å²) in [6.45, 7) is 5.96. The highest BCUT2D eigenvalue weighted by molar-refractivity contribution is 6.30. The average Bonchev–Trinajstić information content (AvgIpc) is 3.28. The van der Waals surface area contributed by atoms with Gasteiger partial charge in [0.2, 0.25) is 11.7 Å². The molecule has 2 heterocycles. The van der Waals surface area contributed by atoms with Gasteiger partial charge in [-0.3, -0.25) is 9.59 Å². The second-order valence-electron chi connectivity index (χ2n) is 8.25. The molecular formula is C26H25ClN4O3. The Labute approximate surface area is 202 Å². The molecule has 8 heteroatoms. The summed E-state index contributed by atoms with van der Waals surface area (Å²) in [5, 5.41) is 7.58. The molecule has 7 nitrogen and oxygen atoms in total. The maximum atomic E-state index is 13.3. The zero-order valence-corrected chi connectivity index (χ0v) is 20.0. The van der Waals surface area contributed by atoms with Crippen molar-refractivity contribution >= 4 is 17.5 Å². The minimum atomic E-state index is -0.343. The number of rotatable bonds is 7. The minimum absolute atomic E-state index is 0.0997. The fourth-order valence-corrected chi connectivity index (χ4v) is 3.85. The Morgan fingerprint density at radius 2 is 1.76 bits per heavy atom. The molecule has 4 aromatic rings. The summed E-state index contributed by atoms with van der Waals surface area (Å²) in [7, 11) is 0. The van der Waals surface area contributed by atoms with Gasteiger partial charge >= 0.3 is 0 Å². The molecule has 0 fully saturated rings. The number of nitrogens with one attached hydrogen (secondary N) is 1. The van der Waals surface area contributed by atoms with E-state index in [9.17, 15) is 9.59 Å². The fourth-order valence-electron chi connectivity index (χ4n) is 3.73. The zero-order chi connectivity index (χ0) is 24.2. The molecule has 0 bridgehead atoms. The van der Waals surface area contributed by atoms with Gasteiger partial charge in [0.15, 0.2) is 0 Å². The quantitative estimate of drug-likeness (QED) is 0.424. The molecule has 0 aliphatic heterocycles. The normalized spacial score (nSPS) is 10.9. The van der Waals surface area contributed by atoms with Crippen LogP contribution in [0.2, 0.25) is 5.02 Å².